The Bertz CT molecular complexity index is 369. The normalized spacial score (nSPS) is 22.9. The van der Waals surface area contributed by atoms with Crippen LogP contribution in [0.15, 0.2) is 24.3 Å². The zero-order chi connectivity index (χ0) is 12.3. The van der Waals surface area contributed by atoms with Crippen LogP contribution in [0.1, 0.15) is 37.9 Å². The molecule has 0 bridgehead atoms. The molecule has 1 aliphatic rings. The van der Waals surface area contributed by atoms with E-state index in [1.807, 2.05) is 0 Å². The third-order valence-electron chi connectivity index (χ3n) is 3.64. The van der Waals surface area contributed by atoms with Crippen molar-refractivity contribution < 1.29 is 9.50 Å². The van der Waals surface area contributed by atoms with Gasteiger partial charge < -0.3 is 10.0 Å². The lowest BCUT2D eigenvalue weighted by molar-refractivity contribution is 0.136. The molecule has 0 aliphatic carbocycles. The molecule has 94 valence electrons. The molecule has 0 amide bonds. The van der Waals surface area contributed by atoms with Gasteiger partial charge in [-0.15, -0.1) is 0 Å². The highest BCUT2D eigenvalue weighted by atomic mass is 19.1. The molecular formula is C14H20FNO. The molecule has 1 aromatic rings. The largest absolute Gasteiger partial charge is 0.388 e. The SMILES string of the molecule is CC1CCCN1CCC(O)c1ccccc1F. The Kier molecular flexibility index (Phi) is 4.13. The average Bonchev–Trinajstić information content (AvgIpc) is 2.72. The summed E-state index contributed by atoms with van der Waals surface area (Å²) in [5, 5.41) is 9.98. The van der Waals surface area contributed by atoms with Gasteiger partial charge in [-0.05, 0) is 38.8 Å². The van der Waals surface area contributed by atoms with E-state index in [0.717, 1.165) is 13.1 Å². The van der Waals surface area contributed by atoms with E-state index < -0.39 is 6.10 Å². The second-order valence-electron chi connectivity index (χ2n) is 4.85. The number of aliphatic hydroxyl groups is 1. The van der Waals surface area contributed by atoms with Crippen LogP contribution in [-0.4, -0.2) is 29.1 Å². The summed E-state index contributed by atoms with van der Waals surface area (Å²) >= 11 is 0. The smallest absolute Gasteiger partial charge is 0.128 e. The lowest BCUT2D eigenvalue weighted by atomic mass is 10.1. The standard InChI is InChI=1S/C14H20FNO/c1-11-5-4-9-16(11)10-8-14(17)12-6-2-3-7-13(12)15/h2-3,6-7,11,14,17H,4-5,8-10H2,1H3. The number of hydrogen-bond acceptors (Lipinski definition) is 2. The number of nitrogens with zero attached hydrogens (tertiary/aromatic N) is 1. The first-order chi connectivity index (χ1) is 8.18. The van der Waals surface area contributed by atoms with Gasteiger partial charge in [0.25, 0.3) is 0 Å². The molecule has 1 aliphatic heterocycles. The van der Waals surface area contributed by atoms with Gasteiger partial charge in [-0.3, -0.25) is 0 Å². The highest BCUT2D eigenvalue weighted by molar-refractivity contribution is 5.19. The molecule has 2 unspecified atom stereocenters. The molecule has 17 heavy (non-hydrogen) atoms. The van der Waals surface area contributed by atoms with Crippen LogP contribution in [0.2, 0.25) is 0 Å². The predicted octanol–water partition coefficient (Wildman–Crippen LogP) is 2.73. The van der Waals surface area contributed by atoms with Crippen LogP contribution in [0.4, 0.5) is 4.39 Å². The number of hydrogen-bond donors (Lipinski definition) is 1. The van der Waals surface area contributed by atoms with Crippen molar-refractivity contribution in [2.24, 2.45) is 0 Å². The fourth-order valence-electron chi connectivity index (χ4n) is 2.51. The van der Waals surface area contributed by atoms with Crippen molar-refractivity contribution in [3.05, 3.63) is 35.6 Å². The number of likely N-dealkylation sites (tertiary alicyclic amines) is 1. The average molecular weight is 237 g/mol. The van der Waals surface area contributed by atoms with E-state index in [2.05, 4.69) is 11.8 Å². The Hall–Kier alpha value is -0.930. The van der Waals surface area contributed by atoms with Crippen molar-refractivity contribution in [2.75, 3.05) is 13.1 Å². The minimum absolute atomic E-state index is 0.311. The van der Waals surface area contributed by atoms with E-state index >= 15 is 0 Å². The summed E-state index contributed by atoms with van der Waals surface area (Å²) in [5.74, 6) is -0.311. The Labute approximate surface area is 102 Å². The summed E-state index contributed by atoms with van der Waals surface area (Å²) in [7, 11) is 0. The monoisotopic (exact) mass is 237 g/mol. The molecule has 0 aromatic heterocycles. The van der Waals surface area contributed by atoms with E-state index in [1.165, 1.54) is 18.9 Å². The number of benzene rings is 1. The van der Waals surface area contributed by atoms with E-state index in [4.69, 9.17) is 0 Å². The first kappa shape index (κ1) is 12.5. The third-order valence-corrected chi connectivity index (χ3v) is 3.64. The van der Waals surface area contributed by atoms with Crippen LogP contribution in [0.3, 0.4) is 0 Å². The van der Waals surface area contributed by atoms with Gasteiger partial charge in [0.1, 0.15) is 5.82 Å². The van der Waals surface area contributed by atoms with Gasteiger partial charge in [-0.1, -0.05) is 18.2 Å². The summed E-state index contributed by atoms with van der Waals surface area (Å²) in [4.78, 5) is 2.37. The molecule has 1 N–H and O–H groups in total. The summed E-state index contributed by atoms with van der Waals surface area (Å²) in [6.45, 7) is 4.16. The van der Waals surface area contributed by atoms with E-state index in [9.17, 15) is 9.50 Å². The van der Waals surface area contributed by atoms with Crippen LogP contribution in [0.25, 0.3) is 0 Å². The van der Waals surface area contributed by atoms with Crippen molar-refractivity contribution in [3.63, 3.8) is 0 Å². The van der Waals surface area contributed by atoms with Crippen LogP contribution in [0, 0.1) is 5.82 Å². The summed E-state index contributed by atoms with van der Waals surface area (Å²) in [5.41, 5.74) is 0.416. The minimum atomic E-state index is -0.691. The topological polar surface area (TPSA) is 23.5 Å². The molecule has 0 spiro atoms. The lowest BCUT2D eigenvalue weighted by Crippen LogP contribution is -2.28. The highest BCUT2D eigenvalue weighted by Crippen LogP contribution is 2.22. The molecule has 2 atom stereocenters. The number of rotatable bonds is 4. The maximum absolute atomic E-state index is 13.4. The lowest BCUT2D eigenvalue weighted by Gasteiger charge is -2.22. The number of halogens is 1. The Morgan fingerprint density at radius 3 is 2.88 bits per heavy atom. The highest BCUT2D eigenvalue weighted by Gasteiger charge is 2.21. The molecule has 2 nitrogen and oxygen atoms in total. The molecule has 2 rings (SSSR count). The van der Waals surface area contributed by atoms with Crippen molar-refractivity contribution in [3.8, 4) is 0 Å². The Balaban J connectivity index is 1.89. The molecule has 0 radical (unpaired) electrons. The predicted molar refractivity (Wildman–Crippen MR) is 66.2 cm³/mol. The molecule has 0 saturated carbocycles. The third kappa shape index (κ3) is 3.05. The molecule has 1 heterocycles. The summed E-state index contributed by atoms with van der Waals surface area (Å²) in [6, 6.07) is 7.07. The fourth-order valence-corrected chi connectivity index (χ4v) is 2.51. The zero-order valence-electron chi connectivity index (χ0n) is 10.3. The van der Waals surface area contributed by atoms with Crippen molar-refractivity contribution >= 4 is 0 Å². The van der Waals surface area contributed by atoms with Gasteiger partial charge in [0.2, 0.25) is 0 Å². The van der Waals surface area contributed by atoms with Crippen LogP contribution in [-0.2, 0) is 0 Å². The van der Waals surface area contributed by atoms with Gasteiger partial charge in [-0.25, -0.2) is 4.39 Å². The molecule has 1 aromatic carbocycles. The second kappa shape index (κ2) is 5.61. The molecule has 1 fully saturated rings. The molecular weight excluding hydrogens is 217 g/mol. The Morgan fingerprint density at radius 2 is 2.24 bits per heavy atom. The first-order valence-electron chi connectivity index (χ1n) is 6.35. The van der Waals surface area contributed by atoms with E-state index in [0.29, 0.717) is 18.0 Å². The van der Waals surface area contributed by atoms with E-state index in [-0.39, 0.29) is 5.82 Å². The van der Waals surface area contributed by atoms with Gasteiger partial charge in [0.05, 0.1) is 6.10 Å². The van der Waals surface area contributed by atoms with E-state index in [1.54, 1.807) is 18.2 Å². The Morgan fingerprint density at radius 1 is 1.47 bits per heavy atom. The number of aliphatic hydroxyl groups excluding tert-OH is 1. The second-order valence-corrected chi connectivity index (χ2v) is 4.85. The van der Waals surface area contributed by atoms with Gasteiger partial charge in [0.15, 0.2) is 0 Å². The fraction of sp³-hybridized carbons (Fsp3) is 0.571. The quantitative estimate of drug-likeness (QED) is 0.870. The van der Waals surface area contributed by atoms with Gasteiger partial charge >= 0.3 is 0 Å². The minimum Gasteiger partial charge on any atom is -0.388 e. The van der Waals surface area contributed by atoms with Gasteiger partial charge in [0, 0.05) is 18.2 Å². The van der Waals surface area contributed by atoms with Crippen molar-refractivity contribution in [1.82, 2.24) is 4.90 Å². The van der Waals surface area contributed by atoms with Crippen LogP contribution < -0.4 is 0 Å². The maximum atomic E-state index is 13.4. The van der Waals surface area contributed by atoms with Crippen LogP contribution >= 0.6 is 0 Å². The maximum Gasteiger partial charge on any atom is 0.128 e. The summed E-state index contributed by atoms with van der Waals surface area (Å²) < 4.78 is 13.4. The van der Waals surface area contributed by atoms with Crippen LogP contribution in [0.5, 0.6) is 0 Å². The van der Waals surface area contributed by atoms with Crippen molar-refractivity contribution in [2.45, 2.75) is 38.3 Å². The first-order valence-corrected chi connectivity index (χ1v) is 6.35. The van der Waals surface area contributed by atoms with Gasteiger partial charge in [-0.2, -0.15) is 0 Å². The summed E-state index contributed by atoms with van der Waals surface area (Å²) in [6.07, 6.45) is 2.38. The molecule has 3 heteroatoms. The zero-order valence-corrected chi connectivity index (χ0v) is 10.3. The van der Waals surface area contributed by atoms with Crippen molar-refractivity contribution in [1.29, 1.82) is 0 Å². The molecule has 1 saturated heterocycles.